The van der Waals surface area contributed by atoms with Gasteiger partial charge in [-0.3, -0.25) is 9.78 Å². The molecule has 1 aromatic heterocycles. The first-order valence-electron chi connectivity index (χ1n) is 4.11. The molecule has 0 atom stereocenters. The molecule has 0 fully saturated rings. The highest BCUT2D eigenvalue weighted by molar-refractivity contribution is 5.90. The van der Waals surface area contributed by atoms with E-state index in [0.717, 1.165) is 0 Å². The van der Waals surface area contributed by atoms with E-state index in [0.29, 0.717) is 5.69 Å². The number of pyridine rings is 1. The van der Waals surface area contributed by atoms with Crippen molar-refractivity contribution in [3.8, 4) is 5.75 Å². The Hall–Kier alpha value is -2.11. The fourth-order valence-corrected chi connectivity index (χ4v) is 0.886. The lowest BCUT2D eigenvalue weighted by molar-refractivity contribution is -0.114. The Morgan fingerprint density at radius 1 is 1.47 bits per heavy atom. The molecule has 0 aliphatic rings. The topological polar surface area (TPSA) is 77.5 Å². The predicted molar refractivity (Wildman–Crippen MR) is 51.6 cm³/mol. The van der Waals surface area contributed by atoms with Gasteiger partial charge in [0.25, 0.3) is 0 Å². The van der Waals surface area contributed by atoms with Crippen LogP contribution in [0, 0.1) is 0 Å². The molecule has 0 radical (unpaired) electrons. The molecule has 0 aliphatic heterocycles. The molecule has 0 saturated carbocycles. The van der Waals surface area contributed by atoms with Gasteiger partial charge in [0.15, 0.2) is 5.75 Å². The zero-order valence-corrected chi connectivity index (χ0v) is 8.31. The van der Waals surface area contributed by atoms with Gasteiger partial charge >= 0.3 is 6.16 Å². The Bertz CT molecular complexity index is 378. The van der Waals surface area contributed by atoms with E-state index >= 15 is 0 Å². The van der Waals surface area contributed by atoms with E-state index in [2.05, 4.69) is 15.0 Å². The van der Waals surface area contributed by atoms with Crippen LogP contribution in [0.5, 0.6) is 5.75 Å². The lowest BCUT2D eigenvalue weighted by Gasteiger charge is -2.07. The van der Waals surface area contributed by atoms with Crippen LogP contribution in [0.25, 0.3) is 0 Å². The van der Waals surface area contributed by atoms with Crippen molar-refractivity contribution >= 4 is 17.7 Å². The van der Waals surface area contributed by atoms with Gasteiger partial charge in [-0.2, -0.15) is 0 Å². The summed E-state index contributed by atoms with van der Waals surface area (Å²) in [4.78, 5) is 25.4. The highest BCUT2D eigenvalue weighted by Crippen LogP contribution is 2.22. The number of hydrogen-bond donors (Lipinski definition) is 1. The Morgan fingerprint density at radius 2 is 2.20 bits per heavy atom. The summed E-state index contributed by atoms with van der Waals surface area (Å²) in [6, 6.07) is 1.45. The van der Waals surface area contributed by atoms with Gasteiger partial charge in [-0.15, -0.1) is 0 Å². The van der Waals surface area contributed by atoms with Crippen molar-refractivity contribution in [3.63, 3.8) is 0 Å². The largest absolute Gasteiger partial charge is 0.513 e. The number of carbonyl (C=O) groups is 2. The van der Waals surface area contributed by atoms with E-state index in [1.807, 2.05) is 0 Å². The number of anilines is 1. The van der Waals surface area contributed by atoms with Crippen LogP contribution in [0.4, 0.5) is 10.5 Å². The van der Waals surface area contributed by atoms with Crippen molar-refractivity contribution in [2.24, 2.45) is 0 Å². The van der Waals surface area contributed by atoms with Crippen molar-refractivity contribution in [2.45, 2.75) is 6.92 Å². The molecular formula is C9H10N2O4. The van der Waals surface area contributed by atoms with Crippen molar-refractivity contribution in [1.29, 1.82) is 0 Å². The smallest absolute Gasteiger partial charge is 0.437 e. The van der Waals surface area contributed by atoms with Crippen LogP contribution in [0.15, 0.2) is 18.5 Å². The average Bonchev–Trinajstić information content (AvgIpc) is 2.20. The summed E-state index contributed by atoms with van der Waals surface area (Å²) in [5.74, 6) is -0.0928. The van der Waals surface area contributed by atoms with Crippen molar-refractivity contribution in [2.75, 3.05) is 12.4 Å². The Balaban J connectivity index is 2.85. The lowest BCUT2D eigenvalue weighted by atomic mass is 10.4. The normalized spacial score (nSPS) is 9.20. The monoisotopic (exact) mass is 210 g/mol. The molecule has 6 heteroatoms. The minimum atomic E-state index is -0.854. The predicted octanol–water partition coefficient (Wildman–Crippen LogP) is 1.19. The van der Waals surface area contributed by atoms with E-state index in [1.54, 1.807) is 0 Å². The number of hydrogen-bond acceptors (Lipinski definition) is 5. The summed E-state index contributed by atoms with van der Waals surface area (Å²) < 4.78 is 9.10. The quantitative estimate of drug-likeness (QED) is 0.741. The molecule has 0 unspecified atom stereocenters. The van der Waals surface area contributed by atoms with E-state index in [-0.39, 0.29) is 11.7 Å². The van der Waals surface area contributed by atoms with Gasteiger partial charge in [0.2, 0.25) is 5.91 Å². The minimum Gasteiger partial charge on any atom is -0.437 e. The number of carbonyl (C=O) groups excluding carboxylic acids is 2. The molecule has 0 aromatic carbocycles. The Morgan fingerprint density at radius 3 is 2.80 bits per heavy atom. The second-order valence-electron chi connectivity index (χ2n) is 2.61. The van der Waals surface area contributed by atoms with E-state index in [9.17, 15) is 9.59 Å². The molecule has 1 rings (SSSR count). The zero-order valence-electron chi connectivity index (χ0n) is 8.31. The minimum absolute atomic E-state index is 0.187. The van der Waals surface area contributed by atoms with Crippen LogP contribution in [0.3, 0.4) is 0 Å². The first-order chi connectivity index (χ1) is 7.13. The standard InChI is InChI=1S/C9H10N2O4/c1-6(12)11-7-5-10-4-3-8(7)15-9(13)14-2/h3-5H,1-2H3,(H,11,12). The van der Waals surface area contributed by atoms with Crippen molar-refractivity contribution in [3.05, 3.63) is 18.5 Å². The Kier molecular flexibility index (Phi) is 3.61. The van der Waals surface area contributed by atoms with Gasteiger partial charge in [-0.25, -0.2) is 4.79 Å². The molecular weight excluding hydrogens is 200 g/mol. The maximum atomic E-state index is 10.8. The maximum absolute atomic E-state index is 10.8. The second kappa shape index (κ2) is 4.94. The zero-order chi connectivity index (χ0) is 11.3. The summed E-state index contributed by atoms with van der Waals surface area (Å²) in [7, 11) is 1.20. The molecule has 1 heterocycles. The van der Waals surface area contributed by atoms with Gasteiger partial charge in [0.05, 0.1) is 13.3 Å². The molecule has 1 amide bonds. The van der Waals surface area contributed by atoms with Crippen LogP contribution < -0.4 is 10.1 Å². The number of aromatic nitrogens is 1. The molecule has 1 N–H and O–H groups in total. The summed E-state index contributed by atoms with van der Waals surface area (Å²) in [6.07, 6.45) is 1.95. The summed E-state index contributed by atoms with van der Waals surface area (Å²) >= 11 is 0. The lowest BCUT2D eigenvalue weighted by Crippen LogP contribution is -2.12. The average molecular weight is 210 g/mol. The third kappa shape index (κ3) is 3.26. The van der Waals surface area contributed by atoms with E-state index in [4.69, 9.17) is 4.74 Å². The second-order valence-corrected chi connectivity index (χ2v) is 2.61. The van der Waals surface area contributed by atoms with Crippen LogP contribution in [-0.4, -0.2) is 24.2 Å². The van der Waals surface area contributed by atoms with Gasteiger partial charge in [0, 0.05) is 19.2 Å². The van der Waals surface area contributed by atoms with Crippen molar-refractivity contribution in [1.82, 2.24) is 4.98 Å². The molecule has 0 saturated heterocycles. The molecule has 0 spiro atoms. The molecule has 0 bridgehead atoms. The third-order valence-corrected chi connectivity index (χ3v) is 1.45. The maximum Gasteiger partial charge on any atom is 0.513 e. The highest BCUT2D eigenvalue weighted by atomic mass is 16.7. The SMILES string of the molecule is COC(=O)Oc1ccncc1NC(C)=O. The summed E-state index contributed by atoms with van der Waals surface area (Å²) in [6.45, 7) is 1.34. The molecule has 1 aromatic rings. The molecule has 80 valence electrons. The van der Waals surface area contributed by atoms with Gasteiger partial charge in [-0.05, 0) is 0 Å². The van der Waals surface area contributed by atoms with Crippen LogP contribution in [0.1, 0.15) is 6.92 Å². The van der Waals surface area contributed by atoms with Crippen molar-refractivity contribution < 1.29 is 19.1 Å². The summed E-state index contributed by atoms with van der Waals surface area (Å²) in [5.41, 5.74) is 0.315. The summed E-state index contributed by atoms with van der Waals surface area (Å²) in [5, 5.41) is 2.47. The molecule has 0 aliphatic carbocycles. The number of nitrogens with zero attached hydrogens (tertiary/aromatic N) is 1. The van der Waals surface area contributed by atoms with Crippen LogP contribution >= 0.6 is 0 Å². The third-order valence-electron chi connectivity index (χ3n) is 1.45. The first kappa shape index (κ1) is 11.0. The fraction of sp³-hybridized carbons (Fsp3) is 0.222. The van der Waals surface area contributed by atoms with Crippen LogP contribution in [-0.2, 0) is 9.53 Å². The Labute approximate surface area is 86.2 Å². The first-order valence-corrected chi connectivity index (χ1v) is 4.11. The number of methoxy groups -OCH3 is 1. The van der Waals surface area contributed by atoms with Crippen LogP contribution in [0.2, 0.25) is 0 Å². The number of nitrogens with one attached hydrogen (secondary N) is 1. The van der Waals surface area contributed by atoms with Gasteiger partial charge in [0.1, 0.15) is 5.69 Å². The number of ether oxygens (including phenoxy) is 2. The number of amides is 1. The molecule has 6 nitrogen and oxygen atoms in total. The number of rotatable bonds is 2. The highest BCUT2D eigenvalue weighted by Gasteiger charge is 2.09. The van der Waals surface area contributed by atoms with Gasteiger partial charge in [-0.1, -0.05) is 0 Å². The fourth-order valence-electron chi connectivity index (χ4n) is 0.886. The van der Waals surface area contributed by atoms with Gasteiger partial charge < -0.3 is 14.8 Å². The van der Waals surface area contributed by atoms with E-state index in [1.165, 1.54) is 32.5 Å². The van der Waals surface area contributed by atoms with E-state index < -0.39 is 6.16 Å². The molecule has 15 heavy (non-hydrogen) atoms.